The van der Waals surface area contributed by atoms with Gasteiger partial charge in [-0.15, -0.1) is 0 Å². The summed E-state index contributed by atoms with van der Waals surface area (Å²) in [5.41, 5.74) is -12.7. The van der Waals surface area contributed by atoms with Crippen LogP contribution in [-0.2, 0) is 13.7 Å². The van der Waals surface area contributed by atoms with Gasteiger partial charge in [0.2, 0.25) is 0 Å². The van der Waals surface area contributed by atoms with Gasteiger partial charge in [0.25, 0.3) is 0 Å². The lowest BCUT2D eigenvalue weighted by Gasteiger charge is -2.37. The first kappa shape index (κ1) is 19.9. The Labute approximate surface area is 148 Å². The number of rotatable bonds is 2. The van der Waals surface area contributed by atoms with E-state index in [-0.39, 0.29) is 12.1 Å². The highest BCUT2D eigenvalue weighted by molar-refractivity contribution is 8.34. The van der Waals surface area contributed by atoms with E-state index in [0.29, 0.717) is 0 Å². The molecule has 0 amide bonds. The predicted molar refractivity (Wildman–Crippen MR) is 78.0 cm³/mol. The van der Waals surface area contributed by atoms with E-state index in [1.165, 1.54) is 0 Å². The first-order chi connectivity index (χ1) is 12.2. The van der Waals surface area contributed by atoms with Crippen LogP contribution in [0.15, 0.2) is 46.2 Å². The van der Waals surface area contributed by atoms with Gasteiger partial charge in [0.05, 0.1) is 0 Å². The Morgan fingerprint density at radius 3 is 1.52 bits per heavy atom. The molecule has 13 heteroatoms. The van der Waals surface area contributed by atoms with E-state index in [1.54, 1.807) is 0 Å². The number of hydrogen-bond acceptors (Lipinski definition) is 3. The van der Waals surface area contributed by atoms with Gasteiger partial charge in [-0.25, -0.2) is 8.78 Å². The fourth-order valence-corrected chi connectivity index (χ4v) is 7.11. The summed E-state index contributed by atoms with van der Waals surface area (Å²) in [5.74, 6) is -2.53. The van der Waals surface area contributed by atoms with Crippen molar-refractivity contribution in [1.82, 2.24) is 0 Å². The molecule has 0 saturated heterocycles. The molecule has 0 radical (unpaired) electrons. The maximum absolute atomic E-state index is 14.0. The topological polar surface area (TPSA) is 43.4 Å². The molecule has 0 atom stereocenters. The number of halogens is 8. The van der Waals surface area contributed by atoms with Crippen LogP contribution in [0.25, 0.3) is 11.1 Å². The third-order valence-corrected chi connectivity index (χ3v) is 8.26. The molecule has 0 aliphatic carbocycles. The van der Waals surface area contributed by atoms with E-state index in [2.05, 4.69) is 3.63 Å². The van der Waals surface area contributed by atoms with E-state index in [0.717, 1.165) is 24.3 Å². The number of alkyl halides is 6. The molecular formula is C14H6F8O3S2. The summed E-state index contributed by atoms with van der Waals surface area (Å²) in [6.45, 7) is 0. The molecule has 1 heterocycles. The lowest BCUT2D eigenvalue weighted by molar-refractivity contribution is -0.0550. The molecular weight excluding hydrogens is 432 g/mol. The van der Waals surface area contributed by atoms with Crippen molar-refractivity contribution in [2.45, 2.75) is 20.8 Å². The van der Waals surface area contributed by atoms with E-state index in [1.807, 2.05) is 0 Å². The molecule has 0 spiro atoms. The number of hydrogen-bond donors (Lipinski definition) is 0. The fourth-order valence-electron chi connectivity index (χ4n) is 2.57. The van der Waals surface area contributed by atoms with Crippen LogP contribution < -0.4 is 0 Å². The van der Waals surface area contributed by atoms with Crippen molar-refractivity contribution in [3.05, 3.63) is 48.0 Å². The molecule has 1 aliphatic rings. The summed E-state index contributed by atoms with van der Waals surface area (Å²) in [5, 5.41) is 0. The molecule has 0 aromatic heterocycles. The van der Waals surface area contributed by atoms with Crippen LogP contribution in [0.3, 0.4) is 0 Å². The molecule has 0 N–H and O–H groups in total. The average molecular weight is 438 g/mol. The third-order valence-electron chi connectivity index (χ3n) is 3.60. The van der Waals surface area contributed by atoms with Crippen molar-refractivity contribution in [2.24, 2.45) is 0 Å². The highest BCUT2D eigenvalue weighted by Gasteiger charge is 2.64. The monoisotopic (exact) mass is 438 g/mol. The maximum atomic E-state index is 14.0. The van der Waals surface area contributed by atoms with Gasteiger partial charge in [0, 0.05) is 20.1 Å². The first-order valence-corrected chi connectivity index (χ1v) is 9.69. The molecule has 2 aromatic rings. The molecule has 1 aliphatic heterocycles. The standard InChI is InChI=1S/C14H6F8O3S2/c15-7-1-3-9-10-4-2-8(16)6-12(10)26(11(9)5-7,13(17,18)19)25-27(23,24)14(20,21)22/h1-6H. The first-order valence-electron chi connectivity index (χ1n) is 6.72. The van der Waals surface area contributed by atoms with E-state index < -0.39 is 64.0 Å². The predicted octanol–water partition coefficient (Wildman–Crippen LogP) is 5.47. The van der Waals surface area contributed by atoms with Crippen LogP contribution >= 0.6 is 10.3 Å². The Morgan fingerprint density at radius 1 is 0.778 bits per heavy atom. The highest BCUT2D eigenvalue weighted by atomic mass is 32.3. The molecule has 0 saturated carbocycles. The number of fused-ring (bicyclic) bond motifs is 3. The van der Waals surface area contributed by atoms with E-state index >= 15 is 0 Å². The van der Waals surface area contributed by atoms with Gasteiger partial charge in [0.1, 0.15) is 11.6 Å². The Hall–Kier alpha value is -1.86. The summed E-state index contributed by atoms with van der Waals surface area (Å²) in [4.78, 5) is -2.30. The highest BCUT2D eigenvalue weighted by Crippen LogP contribution is 2.80. The van der Waals surface area contributed by atoms with Crippen molar-refractivity contribution >= 4 is 20.4 Å². The largest absolute Gasteiger partial charge is 0.523 e. The summed E-state index contributed by atoms with van der Waals surface area (Å²) >= 11 is 0. The minimum absolute atomic E-state index is 0.238. The molecule has 0 unspecified atom stereocenters. The molecule has 148 valence electrons. The zero-order valence-corrected chi connectivity index (χ0v) is 14.2. The molecule has 3 nitrogen and oxygen atoms in total. The molecule has 0 fully saturated rings. The minimum Gasteiger partial charge on any atom is -0.207 e. The Balaban J connectivity index is 2.44. The Morgan fingerprint density at radius 2 is 1.19 bits per heavy atom. The smallest absolute Gasteiger partial charge is 0.207 e. The maximum Gasteiger partial charge on any atom is 0.523 e. The summed E-state index contributed by atoms with van der Waals surface area (Å²) in [6.07, 6.45) is 0. The van der Waals surface area contributed by atoms with Crippen molar-refractivity contribution in [1.29, 1.82) is 0 Å². The fraction of sp³-hybridized carbons (Fsp3) is 0.143. The van der Waals surface area contributed by atoms with Crippen LogP contribution in [0.4, 0.5) is 35.1 Å². The molecule has 2 aromatic carbocycles. The van der Waals surface area contributed by atoms with Crippen molar-refractivity contribution in [3.8, 4) is 11.1 Å². The van der Waals surface area contributed by atoms with Crippen LogP contribution in [0.2, 0.25) is 0 Å². The van der Waals surface area contributed by atoms with Gasteiger partial charge in [-0.1, -0.05) is 12.1 Å². The van der Waals surface area contributed by atoms with Gasteiger partial charge in [0.15, 0.2) is 0 Å². The quantitative estimate of drug-likeness (QED) is 0.462. The molecule has 3 rings (SSSR count). The molecule has 27 heavy (non-hydrogen) atoms. The summed E-state index contributed by atoms with van der Waals surface area (Å²) in [7, 11) is -12.2. The van der Waals surface area contributed by atoms with Crippen LogP contribution in [0.5, 0.6) is 0 Å². The molecule has 0 bridgehead atoms. The minimum atomic E-state index is -6.76. The van der Waals surface area contributed by atoms with E-state index in [9.17, 15) is 43.5 Å². The summed E-state index contributed by atoms with van der Waals surface area (Å²) < 4.78 is 134. The zero-order chi connectivity index (χ0) is 20.4. The average Bonchev–Trinajstić information content (AvgIpc) is 2.76. The zero-order valence-electron chi connectivity index (χ0n) is 12.5. The second-order valence-corrected chi connectivity index (χ2v) is 9.62. The Kier molecular flexibility index (Phi) is 4.28. The van der Waals surface area contributed by atoms with Gasteiger partial charge in [-0.3, -0.25) is 0 Å². The van der Waals surface area contributed by atoms with E-state index in [4.69, 9.17) is 0 Å². The second-order valence-electron chi connectivity index (χ2n) is 5.25. The van der Waals surface area contributed by atoms with Crippen LogP contribution in [-0.4, -0.2) is 19.4 Å². The third kappa shape index (κ3) is 2.88. The van der Waals surface area contributed by atoms with Crippen molar-refractivity contribution < 1.29 is 47.2 Å². The lowest BCUT2D eigenvalue weighted by Crippen LogP contribution is -2.32. The normalized spacial score (nSPS) is 17.3. The van der Waals surface area contributed by atoms with Crippen molar-refractivity contribution in [3.63, 3.8) is 0 Å². The van der Waals surface area contributed by atoms with Gasteiger partial charge < -0.3 is 0 Å². The lowest BCUT2D eigenvalue weighted by atomic mass is 10.1. The number of benzene rings is 2. The SMILES string of the molecule is O=S(=O)(OS1(C(F)(F)F)c2cc(F)ccc2-c2ccc(F)cc21)C(F)(F)F. The summed E-state index contributed by atoms with van der Waals surface area (Å²) in [6, 6.07) is 3.59. The Bertz CT molecular complexity index is 976. The van der Waals surface area contributed by atoms with Gasteiger partial charge in [-0.05, 0) is 35.4 Å². The van der Waals surface area contributed by atoms with Crippen LogP contribution in [0.1, 0.15) is 0 Å². The van der Waals surface area contributed by atoms with Gasteiger partial charge >= 0.3 is 21.1 Å². The van der Waals surface area contributed by atoms with Crippen LogP contribution in [0, 0.1) is 11.6 Å². The second kappa shape index (κ2) is 5.82. The van der Waals surface area contributed by atoms with Gasteiger partial charge in [-0.2, -0.15) is 38.4 Å². The van der Waals surface area contributed by atoms with Crippen molar-refractivity contribution in [2.75, 3.05) is 0 Å².